The van der Waals surface area contributed by atoms with Crippen molar-refractivity contribution in [1.29, 1.82) is 0 Å². The molecule has 0 radical (unpaired) electrons. The van der Waals surface area contributed by atoms with Gasteiger partial charge in [0.25, 0.3) is 11.5 Å². The van der Waals surface area contributed by atoms with Crippen LogP contribution in [0.1, 0.15) is 40.9 Å². The number of carbonyl (C=O) groups is 2. The molecule has 1 N–H and O–H groups in total. The van der Waals surface area contributed by atoms with Crippen molar-refractivity contribution < 1.29 is 14.3 Å². The van der Waals surface area contributed by atoms with Gasteiger partial charge in [-0.25, -0.2) is 9.78 Å². The van der Waals surface area contributed by atoms with Crippen LogP contribution in [-0.2, 0) is 24.9 Å². The first kappa shape index (κ1) is 24.2. The van der Waals surface area contributed by atoms with Crippen LogP contribution < -0.4 is 21.3 Å². The molecule has 0 bridgehead atoms. The number of fused-ring (bicyclic) bond motifs is 1. The molecule has 3 aromatic rings. The summed E-state index contributed by atoms with van der Waals surface area (Å²) in [5, 5.41) is 2.78. The second kappa shape index (κ2) is 10.1. The van der Waals surface area contributed by atoms with Crippen LogP contribution in [0.2, 0.25) is 0 Å². The molecule has 10 heteroatoms. The molecule has 1 aromatic carbocycles. The molecule has 10 nitrogen and oxygen atoms in total. The maximum Gasteiger partial charge on any atom is 0.332 e. The number of carbonyl (C=O) groups excluding carboxylic acids is 2. The van der Waals surface area contributed by atoms with Crippen LogP contribution in [0, 0.1) is 6.92 Å². The lowest BCUT2D eigenvalue weighted by molar-refractivity contribution is -0.121. The maximum atomic E-state index is 13.5. The lowest BCUT2D eigenvalue weighted by atomic mass is 10.1. The third kappa shape index (κ3) is 4.96. The van der Waals surface area contributed by atoms with E-state index in [2.05, 4.69) is 10.3 Å². The number of pyridine rings is 1. The number of methoxy groups -OCH3 is 1. The van der Waals surface area contributed by atoms with Crippen molar-refractivity contribution in [3.63, 3.8) is 0 Å². The molecule has 0 aliphatic carbocycles. The van der Waals surface area contributed by atoms with Gasteiger partial charge in [0.05, 0.1) is 18.1 Å². The van der Waals surface area contributed by atoms with Crippen molar-refractivity contribution >= 4 is 22.8 Å². The Bertz CT molecular complexity index is 1400. The standard InChI is InChI=1S/C25H29N5O5/c1-16-12-19(23(32)29-10-5-4-6-11-29)21-22(27-16)28(2)25(34)30(24(21)33)15-20(31)26-14-17-8-7-9-18(13-17)35-3/h7-9,12-13H,4-6,10-11,14-15H2,1-3H3,(H,26,31). The fourth-order valence-corrected chi connectivity index (χ4v) is 4.36. The molecule has 3 heterocycles. The fourth-order valence-electron chi connectivity index (χ4n) is 4.36. The highest BCUT2D eigenvalue weighted by molar-refractivity contribution is 6.05. The number of likely N-dealkylation sites (tertiary alicyclic amines) is 1. The van der Waals surface area contributed by atoms with Gasteiger partial charge in [-0.15, -0.1) is 0 Å². The van der Waals surface area contributed by atoms with Crippen LogP contribution in [0.5, 0.6) is 5.75 Å². The van der Waals surface area contributed by atoms with Gasteiger partial charge in [0.1, 0.15) is 17.9 Å². The SMILES string of the molecule is COc1cccc(CNC(=O)Cn2c(=O)c3c(C(=O)N4CCCCC4)cc(C)nc3n(C)c2=O)c1. The van der Waals surface area contributed by atoms with E-state index in [1.807, 2.05) is 6.07 Å². The fraction of sp³-hybridized carbons (Fsp3) is 0.400. The normalized spacial score (nSPS) is 13.6. The second-order valence-corrected chi connectivity index (χ2v) is 8.72. The number of piperidine rings is 1. The molecule has 0 unspecified atom stereocenters. The average Bonchev–Trinajstić information content (AvgIpc) is 2.88. The molecule has 184 valence electrons. The third-order valence-electron chi connectivity index (χ3n) is 6.22. The molecular formula is C25H29N5O5. The Balaban J connectivity index is 1.68. The first-order valence-corrected chi connectivity index (χ1v) is 11.6. The highest BCUT2D eigenvalue weighted by atomic mass is 16.5. The number of amides is 2. The minimum Gasteiger partial charge on any atom is -0.497 e. The Morgan fingerprint density at radius 1 is 1.11 bits per heavy atom. The Kier molecular flexibility index (Phi) is 6.99. The van der Waals surface area contributed by atoms with Gasteiger partial charge in [0.15, 0.2) is 0 Å². The van der Waals surface area contributed by atoms with Crippen molar-refractivity contribution in [2.75, 3.05) is 20.2 Å². The van der Waals surface area contributed by atoms with E-state index >= 15 is 0 Å². The van der Waals surface area contributed by atoms with E-state index in [1.54, 1.807) is 43.2 Å². The number of aromatic nitrogens is 3. The van der Waals surface area contributed by atoms with E-state index in [1.165, 1.54) is 11.6 Å². The number of benzene rings is 1. The van der Waals surface area contributed by atoms with E-state index in [4.69, 9.17) is 4.74 Å². The topological polar surface area (TPSA) is 116 Å². The van der Waals surface area contributed by atoms with Crippen molar-refractivity contribution in [3.05, 3.63) is 68.0 Å². The van der Waals surface area contributed by atoms with E-state index in [9.17, 15) is 19.2 Å². The Morgan fingerprint density at radius 3 is 2.57 bits per heavy atom. The molecule has 0 saturated carbocycles. The third-order valence-corrected chi connectivity index (χ3v) is 6.22. The van der Waals surface area contributed by atoms with Crippen LogP contribution in [0.4, 0.5) is 0 Å². The minimum atomic E-state index is -0.701. The van der Waals surface area contributed by atoms with Gasteiger partial charge in [-0.2, -0.15) is 0 Å². The zero-order chi connectivity index (χ0) is 25.1. The van der Waals surface area contributed by atoms with Crippen LogP contribution >= 0.6 is 0 Å². The van der Waals surface area contributed by atoms with Gasteiger partial charge in [0.2, 0.25) is 5.91 Å². The summed E-state index contributed by atoms with van der Waals surface area (Å²) in [6.07, 6.45) is 2.87. The van der Waals surface area contributed by atoms with Gasteiger partial charge in [-0.3, -0.25) is 23.5 Å². The zero-order valence-corrected chi connectivity index (χ0v) is 20.2. The van der Waals surface area contributed by atoms with Crippen LogP contribution in [0.3, 0.4) is 0 Å². The molecule has 2 aromatic heterocycles. The van der Waals surface area contributed by atoms with Crippen molar-refractivity contribution in [3.8, 4) is 5.75 Å². The summed E-state index contributed by atoms with van der Waals surface area (Å²) < 4.78 is 7.26. The minimum absolute atomic E-state index is 0.0499. The Morgan fingerprint density at radius 2 is 1.86 bits per heavy atom. The lowest BCUT2D eigenvalue weighted by Gasteiger charge is -2.27. The van der Waals surface area contributed by atoms with Gasteiger partial charge in [-0.05, 0) is 49.9 Å². The predicted molar refractivity (Wildman–Crippen MR) is 131 cm³/mol. The molecule has 0 atom stereocenters. The summed E-state index contributed by atoms with van der Waals surface area (Å²) in [5.74, 6) is -0.106. The van der Waals surface area contributed by atoms with Gasteiger partial charge in [-0.1, -0.05) is 12.1 Å². The molecule has 0 spiro atoms. The second-order valence-electron chi connectivity index (χ2n) is 8.72. The van der Waals surface area contributed by atoms with E-state index in [-0.39, 0.29) is 29.0 Å². The monoisotopic (exact) mass is 479 g/mol. The molecule has 1 saturated heterocycles. The van der Waals surface area contributed by atoms with E-state index < -0.39 is 23.7 Å². The van der Waals surface area contributed by atoms with Crippen LogP contribution in [0.25, 0.3) is 11.0 Å². The van der Waals surface area contributed by atoms with Crippen LogP contribution in [-0.4, -0.2) is 51.0 Å². The molecular weight excluding hydrogens is 450 g/mol. The molecule has 2 amide bonds. The molecule has 1 aliphatic heterocycles. The quantitative estimate of drug-likeness (QED) is 0.571. The highest BCUT2D eigenvalue weighted by Gasteiger charge is 2.25. The van der Waals surface area contributed by atoms with Gasteiger partial charge < -0.3 is 15.0 Å². The van der Waals surface area contributed by atoms with E-state index in [0.717, 1.165) is 29.4 Å². The number of nitrogens with zero attached hydrogens (tertiary/aromatic N) is 4. The van der Waals surface area contributed by atoms with Gasteiger partial charge >= 0.3 is 5.69 Å². The van der Waals surface area contributed by atoms with Crippen molar-refractivity contribution in [2.24, 2.45) is 7.05 Å². The zero-order valence-electron chi connectivity index (χ0n) is 20.2. The summed E-state index contributed by atoms with van der Waals surface area (Å²) >= 11 is 0. The first-order chi connectivity index (χ1) is 16.8. The summed E-state index contributed by atoms with van der Waals surface area (Å²) in [4.78, 5) is 58.5. The van der Waals surface area contributed by atoms with Crippen molar-refractivity contribution in [1.82, 2.24) is 24.3 Å². The Labute approximate surface area is 202 Å². The summed E-state index contributed by atoms with van der Waals surface area (Å²) in [7, 11) is 3.04. The average molecular weight is 480 g/mol. The number of ether oxygens (including phenoxy) is 1. The molecule has 35 heavy (non-hydrogen) atoms. The molecule has 4 rings (SSSR count). The smallest absolute Gasteiger partial charge is 0.332 e. The molecule has 1 fully saturated rings. The lowest BCUT2D eigenvalue weighted by Crippen LogP contribution is -2.44. The Hall–Kier alpha value is -3.95. The van der Waals surface area contributed by atoms with E-state index in [0.29, 0.717) is 24.5 Å². The summed E-state index contributed by atoms with van der Waals surface area (Å²) in [5.41, 5.74) is 0.307. The first-order valence-electron chi connectivity index (χ1n) is 11.6. The number of hydrogen-bond donors (Lipinski definition) is 1. The largest absolute Gasteiger partial charge is 0.497 e. The number of aryl methyl sites for hydroxylation is 2. The summed E-state index contributed by atoms with van der Waals surface area (Å²) in [6, 6.07) is 8.80. The molecule has 1 aliphatic rings. The maximum absolute atomic E-state index is 13.5. The van der Waals surface area contributed by atoms with Crippen molar-refractivity contribution in [2.45, 2.75) is 39.3 Å². The summed E-state index contributed by atoms with van der Waals surface area (Å²) in [6.45, 7) is 2.69. The van der Waals surface area contributed by atoms with Crippen LogP contribution in [0.15, 0.2) is 39.9 Å². The highest BCUT2D eigenvalue weighted by Crippen LogP contribution is 2.19. The number of nitrogens with one attached hydrogen (secondary N) is 1. The number of rotatable bonds is 6. The number of hydrogen-bond acceptors (Lipinski definition) is 6. The van der Waals surface area contributed by atoms with Gasteiger partial charge in [0, 0.05) is 32.4 Å². The predicted octanol–water partition coefficient (Wildman–Crippen LogP) is 1.35.